The Kier molecular flexibility index (Phi) is 15.1. The number of carbonyl (C=O) groups excluding carboxylic acids is 5. The van der Waals surface area contributed by atoms with Crippen LogP contribution in [0.15, 0.2) is 0 Å². The first-order chi connectivity index (χ1) is 17.9. The molecule has 0 spiro atoms. The molecule has 5 atom stereocenters. The van der Waals surface area contributed by atoms with Crippen LogP contribution in [-0.4, -0.2) is 83.2 Å². The maximum Gasteiger partial charge on any atom is 0.303 e. The lowest BCUT2D eigenvalue weighted by Gasteiger charge is -2.48. The molecular weight excluding hydrogens is 502 g/mol. The third-order valence-corrected chi connectivity index (χ3v) is 6.15. The lowest BCUT2D eigenvalue weighted by Crippen LogP contribution is -2.74. The van der Waals surface area contributed by atoms with Gasteiger partial charge in [0.1, 0.15) is 18.8 Å². The molecule has 0 bridgehead atoms. The molecule has 218 valence electrons. The number of ketones is 1. The van der Waals surface area contributed by atoms with Gasteiger partial charge < -0.3 is 34.5 Å². The minimum absolute atomic E-state index is 0.0889. The summed E-state index contributed by atoms with van der Waals surface area (Å²) in [6.07, 6.45) is 3.72. The molecule has 1 rings (SSSR count). The third kappa shape index (κ3) is 11.4. The number of aliphatic hydroxyl groups is 2. The number of hydrogen-bond acceptors (Lipinski definition) is 11. The minimum atomic E-state index is -2.64. The van der Waals surface area contributed by atoms with E-state index in [2.05, 4.69) is 5.32 Å². The van der Waals surface area contributed by atoms with E-state index in [0.717, 1.165) is 79.1 Å². The van der Waals surface area contributed by atoms with Crippen molar-refractivity contribution in [1.82, 2.24) is 5.32 Å². The van der Waals surface area contributed by atoms with E-state index in [1.165, 1.54) is 0 Å². The van der Waals surface area contributed by atoms with Crippen LogP contribution in [0.2, 0.25) is 0 Å². The van der Waals surface area contributed by atoms with Crippen molar-refractivity contribution in [2.24, 2.45) is 0 Å². The normalized spacial score (nSPS) is 24.8. The summed E-state index contributed by atoms with van der Waals surface area (Å²) in [4.78, 5) is 60.5. The van der Waals surface area contributed by atoms with Crippen molar-refractivity contribution in [2.75, 3.05) is 13.2 Å². The van der Waals surface area contributed by atoms with Gasteiger partial charge in [-0.25, -0.2) is 0 Å². The summed E-state index contributed by atoms with van der Waals surface area (Å²) in [6, 6.07) is -1.59. The van der Waals surface area contributed by atoms with E-state index in [1.54, 1.807) is 0 Å². The predicted octanol–water partition coefficient (Wildman–Crippen LogP) is 1.47. The summed E-state index contributed by atoms with van der Waals surface area (Å²) in [5, 5.41) is 22.7. The van der Waals surface area contributed by atoms with Crippen LogP contribution in [-0.2, 0) is 42.9 Å². The maximum absolute atomic E-state index is 13.3. The molecule has 1 aliphatic heterocycles. The molecule has 3 N–H and O–H groups in total. The number of hydrogen-bond donors (Lipinski definition) is 3. The second kappa shape index (κ2) is 17.1. The Hall–Kier alpha value is -2.57. The summed E-state index contributed by atoms with van der Waals surface area (Å²) in [7, 11) is 0. The van der Waals surface area contributed by atoms with Crippen LogP contribution < -0.4 is 5.32 Å². The SMILES string of the molecule is CC(=O)N[C@@H]1[C@@H](OC(C)=O)[C@@H](OC(C)=O)[C@@H](COC(C)=O)OC1(O)C(=O)CCCCCCCCCCCO. The van der Waals surface area contributed by atoms with Crippen molar-refractivity contribution in [3.8, 4) is 0 Å². The average Bonchev–Trinajstić information content (AvgIpc) is 2.82. The van der Waals surface area contributed by atoms with Crippen LogP contribution >= 0.6 is 0 Å². The fourth-order valence-electron chi connectivity index (χ4n) is 4.44. The lowest BCUT2D eigenvalue weighted by atomic mass is 9.85. The van der Waals surface area contributed by atoms with Gasteiger partial charge in [0.05, 0.1) is 0 Å². The number of nitrogens with one attached hydrogen (secondary N) is 1. The zero-order chi connectivity index (χ0) is 28.7. The van der Waals surface area contributed by atoms with E-state index in [4.69, 9.17) is 24.1 Å². The number of carbonyl (C=O) groups is 5. The highest BCUT2D eigenvalue weighted by Gasteiger charge is 2.61. The van der Waals surface area contributed by atoms with Crippen LogP contribution in [0.3, 0.4) is 0 Å². The van der Waals surface area contributed by atoms with Crippen LogP contribution in [0.1, 0.15) is 91.9 Å². The second-order valence-electron chi connectivity index (χ2n) is 9.56. The number of esters is 3. The topological polar surface area (TPSA) is 175 Å². The molecule has 1 amide bonds. The number of unbranched alkanes of at least 4 members (excludes halogenated alkanes) is 8. The molecule has 1 aliphatic rings. The Bertz CT molecular complexity index is 802. The van der Waals surface area contributed by atoms with E-state index >= 15 is 0 Å². The molecule has 1 saturated heterocycles. The maximum atomic E-state index is 13.3. The zero-order valence-corrected chi connectivity index (χ0v) is 22.9. The molecule has 1 heterocycles. The molecule has 12 nitrogen and oxygen atoms in total. The van der Waals surface area contributed by atoms with E-state index in [0.29, 0.717) is 6.42 Å². The highest BCUT2D eigenvalue weighted by Crippen LogP contribution is 2.34. The Morgan fingerprint density at radius 1 is 0.763 bits per heavy atom. The Balaban J connectivity index is 3.01. The van der Waals surface area contributed by atoms with Gasteiger partial charge in [-0.2, -0.15) is 0 Å². The van der Waals surface area contributed by atoms with Crippen LogP contribution in [0.4, 0.5) is 0 Å². The van der Waals surface area contributed by atoms with E-state index < -0.39 is 66.3 Å². The third-order valence-electron chi connectivity index (χ3n) is 6.15. The standard InChI is InChI=1S/C26H43NO11/c1-17(29)27-25-24(37-20(4)32)23(36-19(3)31)21(16-35-18(2)30)38-26(25,34)22(33)14-12-10-8-6-5-7-9-11-13-15-28/h21,23-25,28,34H,5-16H2,1-4H3,(H,27,29)/t21-,23+,24+,25-,26?/m1/s1. The minimum Gasteiger partial charge on any atom is -0.463 e. The summed E-state index contributed by atoms with van der Waals surface area (Å²) < 4.78 is 21.3. The van der Waals surface area contributed by atoms with Crippen molar-refractivity contribution in [3.63, 3.8) is 0 Å². The number of ether oxygens (including phenoxy) is 4. The zero-order valence-electron chi connectivity index (χ0n) is 22.9. The number of amides is 1. The van der Waals surface area contributed by atoms with Crippen molar-refractivity contribution >= 4 is 29.6 Å². The van der Waals surface area contributed by atoms with Gasteiger partial charge in [-0.15, -0.1) is 0 Å². The molecule has 1 unspecified atom stereocenters. The van der Waals surface area contributed by atoms with E-state index in [9.17, 15) is 29.1 Å². The quantitative estimate of drug-likeness (QED) is 0.137. The first-order valence-electron chi connectivity index (χ1n) is 13.2. The second-order valence-corrected chi connectivity index (χ2v) is 9.56. The smallest absolute Gasteiger partial charge is 0.303 e. The van der Waals surface area contributed by atoms with Crippen molar-refractivity contribution in [2.45, 2.75) is 122 Å². The number of aliphatic hydroxyl groups excluding tert-OH is 1. The Labute approximate surface area is 223 Å². The fourth-order valence-corrected chi connectivity index (χ4v) is 4.44. The Morgan fingerprint density at radius 3 is 1.74 bits per heavy atom. The average molecular weight is 546 g/mol. The molecular formula is C26H43NO11. The van der Waals surface area contributed by atoms with Crippen LogP contribution in [0.5, 0.6) is 0 Å². The largest absolute Gasteiger partial charge is 0.463 e. The summed E-state index contributed by atoms with van der Waals surface area (Å²) in [6.45, 7) is 4.17. The molecule has 38 heavy (non-hydrogen) atoms. The van der Waals surface area contributed by atoms with E-state index in [-0.39, 0.29) is 13.0 Å². The van der Waals surface area contributed by atoms with Gasteiger partial charge in [0.2, 0.25) is 5.91 Å². The van der Waals surface area contributed by atoms with Gasteiger partial charge in [0.15, 0.2) is 18.0 Å². The fraction of sp³-hybridized carbons (Fsp3) is 0.808. The van der Waals surface area contributed by atoms with Crippen molar-refractivity contribution < 1.29 is 53.1 Å². The van der Waals surface area contributed by atoms with Gasteiger partial charge in [0, 0.05) is 40.7 Å². The van der Waals surface area contributed by atoms with Gasteiger partial charge in [-0.3, -0.25) is 24.0 Å². The highest BCUT2D eigenvalue weighted by molar-refractivity contribution is 5.88. The lowest BCUT2D eigenvalue weighted by molar-refractivity contribution is -0.305. The van der Waals surface area contributed by atoms with Crippen LogP contribution in [0, 0.1) is 0 Å². The van der Waals surface area contributed by atoms with Crippen molar-refractivity contribution in [1.29, 1.82) is 0 Å². The summed E-state index contributed by atoms with van der Waals surface area (Å²) >= 11 is 0. The van der Waals surface area contributed by atoms with Gasteiger partial charge in [-0.05, 0) is 12.8 Å². The first kappa shape index (κ1) is 33.5. The molecule has 0 aromatic rings. The van der Waals surface area contributed by atoms with Gasteiger partial charge in [0.25, 0.3) is 5.79 Å². The molecule has 0 aromatic heterocycles. The van der Waals surface area contributed by atoms with E-state index in [1.807, 2.05) is 0 Å². The van der Waals surface area contributed by atoms with Gasteiger partial charge >= 0.3 is 17.9 Å². The predicted molar refractivity (Wildman–Crippen MR) is 133 cm³/mol. The molecule has 0 saturated carbocycles. The Morgan fingerprint density at radius 2 is 1.26 bits per heavy atom. The summed E-state index contributed by atoms with van der Waals surface area (Å²) in [5.41, 5.74) is 0. The molecule has 0 radical (unpaired) electrons. The monoisotopic (exact) mass is 545 g/mol. The molecule has 0 aromatic carbocycles. The number of rotatable bonds is 17. The molecule has 1 fully saturated rings. The molecule has 0 aliphatic carbocycles. The molecule has 12 heteroatoms. The summed E-state index contributed by atoms with van der Waals surface area (Å²) in [5.74, 6) is -6.34. The first-order valence-corrected chi connectivity index (χ1v) is 13.2. The number of Topliss-reactive ketones (excluding diaryl/α,β-unsaturated/α-hetero) is 1. The van der Waals surface area contributed by atoms with Crippen LogP contribution in [0.25, 0.3) is 0 Å². The van der Waals surface area contributed by atoms with Crippen molar-refractivity contribution in [3.05, 3.63) is 0 Å². The highest BCUT2D eigenvalue weighted by atomic mass is 16.7. The van der Waals surface area contributed by atoms with Gasteiger partial charge in [-0.1, -0.05) is 44.9 Å².